The topological polar surface area (TPSA) is 68.3 Å². The van der Waals surface area contributed by atoms with Crippen LogP contribution in [0, 0.1) is 0 Å². The maximum absolute atomic E-state index is 13.2. The summed E-state index contributed by atoms with van der Waals surface area (Å²) in [5.41, 5.74) is 2.76. The zero-order chi connectivity index (χ0) is 20.7. The van der Waals surface area contributed by atoms with Gasteiger partial charge in [-0.25, -0.2) is 17.4 Å². The average molecular weight is 422 g/mol. The Labute approximate surface area is 175 Å². The van der Waals surface area contributed by atoms with Crippen LogP contribution in [0.2, 0.25) is 0 Å². The number of likely N-dealkylation sites (tertiary alicyclic amines) is 1. The molecule has 5 rings (SSSR count). The van der Waals surface area contributed by atoms with Crippen molar-refractivity contribution in [2.75, 3.05) is 19.6 Å². The maximum atomic E-state index is 13.2. The van der Waals surface area contributed by atoms with E-state index < -0.39 is 10.0 Å². The van der Waals surface area contributed by atoms with E-state index in [9.17, 15) is 8.42 Å². The highest BCUT2D eigenvalue weighted by Gasteiger charge is 2.27. The number of oxazole rings is 1. The molecule has 0 unspecified atom stereocenters. The van der Waals surface area contributed by atoms with Crippen molar-refractivity contribution < 1.29 is 12.8 Å². The molecule has 0 amide bonds. The molecule has 4 aromatic rings. The van der Waals surface area contributed by atoms with E-state index in [-0.39, 0.29) is 4.90 Å². The van der Waals surface area contributed by atoms with Crippen LogP contribution in [0.5, 0.6) is 0 Å². The molecule has 7 heteroatoms. The molecule has 1 aliphatic rings. The summed E-state index contributed by atoms with van der Waals surface area (Å²) < 4.78 is 33.1. The molecule has 6 nitrogen and oxygen atoms in total. The number of hydrogen-bond acceptors (Lipinski definition) is 5. The number of hydrogen-bond donors (Lipinski definition) is 0. The minimum atomic E-state index is -3.69. The van der Waals surface area contributed by atoms with Gasteiger partial charge in [0.1, 0.15) is 0 Å². The maximum Gasteiger partial charge on any atom is 0.268 e. The van der Waals surface area contributed by atoms with Gasteiger partial charge in [0.15, 0.2) is 12.2 Å². The minimum Gasteiger partial charge on any atom is -0.444 e. The summed E-state index contributed by atoms with van der Waals surface area (Å²) in [6.45, 7) is 5.50. The number of fused-ring (bicyclic) bond motifs is 1. The quantitative estimate of drug-likeness (QED) is 0.463. The third-order valence-electron chi connectivity index (χ3n) is 5.77. The number of rotatable bonds is 6. The fraction of sp³-hybridized carbons (Fsp3) is 0.261. The van der Waals surface area contributed by atoms with Crippen molar-refractivity contribution in [1.82, 2.24) is 13.9 Å². The lowest BCUT2D eigenvalue weighted by atomic mass is 9.91. The van der Waals surface area contributed by atoms with E-state index >= 15 is 0 Å². The molecule has 2 aromatic carbocycles. The molecule has 0 N–H and O–H groups in total. The monoisotopic (exact) mass is 421 g/mol. The van der Waals surface area contributed by atoms with Gasteiger partial charge in [-0.15, -0.1) is 0 Å². The van der Waals surface area contributed by atoms with Gasteiger partial charge in [0.05, 0.1) is 16.6 Å². The highest BCUT2D eigenvalue weighted by atomic mass is 32.2. The van der Waals surface area contributed by atoms with Crippen LogP contribution in [0.4, 0.5) is 0 Å². The van der Waals surface area contributed by atoms with E-state index in [4.69, 9.17) is 4.42 Å². The molecule has 3 heterocycles. The molecular formula is C23H23N3O3S. The first-order valence-electron chi connectivity index (χ1n) is 10.1. The molecule has 0 saturated carbocycles. The van der Waals surface area contributed by atoms with Gasteiger partial charge in [-0.05, 0) is 61.0 Å². The molecule has 0 aliphatic carbocycles. The molecule has 2 aromatic heterocycles. The Balaban J connectivity index is 1.42. The summed E-state index contributed by atoms with van der Waals surface area (Å²) in [7, 11) is -3.69. The van der Waals surface area contributed by atoms with Crippen molar-refractivity contribution in [3.63, 3.8) is 0 Å². The molecular weight excluding hydrogens is 398 g/mol. The summed E-state index contributed by atoms with van der Waals surface area (Å²) in [6.07, 6.45) is 5.76. The van der Waals surface area contributed by atoms with Crippen LogP contribution in [-0.2, 0) is 10.0 Å². The van der Waals surface area contributed by atoms with Gasteiger partial charge in [0, 0.05) is 36.2 Å². The molecule has 0 spiro atoms. The zero-order valence-corrected chi connectivity index (χ0v) is 17.5. The third kappa shape index (κ3) is 3.24. The predicted molar refractivity (Wildman–Crippen MR) is 116 cm³/mol. The van der Waals surface area contributed by atoms with Crippen LogP contribution >= 0.6 is 0 Å². The van der Waals surface area contributed by atoms with Gasteiger partial charge in [0.2, 0.25) is 0 Å². The summed E-state index contributed by atoms with van der Waals surface area (Å²) in [5, 5.41) is 0.947. The Morgan fingerprint density at radius 2 is 1.90 bits per heavy atom. The van der Waals surface area contributed by atoms with Crippen molar-refractivity contribution in [3.05, 3.63) is 72.9 Å². The van der Waals surface area contributed by atoms with Crippen molar-refractivity contribution in [2.45, 2.75) is 24.2 Å². The van der Waals surface area contributed by atoms with Gasteiger partial charge in [-0.1, -0.05) is 13.0 Å². The van der Waals surface area contributed by atoms with Crippen molar-refractivity contribution >= 4 is 20.9 Å². The van der Waals surface area contributed by atoms with Crippen LogP contribution < -0.4 is 0 Å². The van der Waals surface area contributed by atoms with Crippen LogP contribution in [0.3, 0.4) is 0 Å². The Morgan fingerprint density at radius 1 is 1.10 bits per heavy atom. The number of nitrogens with zero attached hydrogens (tertiary/aromatic N) is 3. The Morgan fingerprint density at radius 3 is 2.60 bits per heavy atom. The fourth-order valence-electron chi connectivity index (χ4n) is 4.14. The van der Waals surface area contributed by atoms with Crippen molar-refractivity contribution in [3.8, 4) is 11.3 Å². The van der Waals surface area contributed by atoms with Crippen LogP contribution in [-0.4, -0.2) is 41.9 Å². The van der Waals surface area contributed by atoms with Gasteiger partial charge < -0.3 is 9.32 Å². The number of aromatic nitrogens is 2. The normalized spacial score (nSPS) is 15.5. The molecule has 1 aliphatic heterocycles. The predicted octanol–water partition coefficient (Wildman–Crippen LogP) is 4.34. The first kappa shape index (κ1) is 19.1. The van der Waals surface area contributed by atoms with E-state index in [0.717, 1.165) is 30.6 Å². The van der Waals surface area contributed by atoms with E-state index in [2.05, 4.69) is 28.9 Å². The van der Waals surface area contributed by atoms with Gasteiger partial charge in [-0.2, -0.15) is 0 Å². The van der Waals surface area contributed by atoms with E-state index in [1.807, 2.05) is 12.1 Å². The zero-order valence-electron chi connectivity index (χ0n) is 16.7. The second kappa shape index (κ2) is 7.41. The lowest BCUT2D eigenvalue weighted by Gasteiger charge is -2.39. The first-order valence-corrected chi connectivity index (χ1v) is 11.6. The second-order valence-electron chi connectivity index (χ2n) is 7.78. The van der Waals surface area contributed by atoms with Crippen LogP contribution in [0.15, 0.2) is 76.6 Å². The standard InChI is InChI=1S/C23H23N3O3S/c1-2-10-25-14-20(15-25)18-5-8-22-19(12-18)9-11-26(22)30(27,28)21-6-3-17(4-7-21)23-13-24-16-29-23/h3-9,11-13,16,20H,2,10,14-15H2,1H3. The van der Waals surface area contributed by atoms with E-state index in [0.29, 0.717) is 17.2 Å². The summed E-state index contributed by atoms with van der Waals surface area (Å²) in [4.78, 5) is 6.58. The SMILES string of the molecule is CCCN1CC(c2ccc3c(ccn3S(=O)(=O)c3ccc(-c4cnco4)cc3)c2)C1. The first-order chi connectivity index (χ1) is 14.6. The molecule has 0 radical (unpaired) electrons. The molecule has 1 fully saturated rings. The molecule has 154 valence electrons. The van der Waals surface area contributed by atoms with Crippen LogP contribution in [0.25, 0.3) is 22.2 Å². The summed E-state index contributed by atoms with van der Waals surface area (Å²) >= 11 is 0. The van der Waals surface area contributed by atoms with Crippen molar-refractivity contribution in [1.29, 1.82) is 0 Å². The van der Waals surface area contributed by atoms with Gasteiger partial charge in [0.25, 0.3) is 10.0 Å². The van der Waals surface area contributed by atoms with Gasteiger partial charge in [-0.3, -0.25) is 0 Å². The Bertz CT molecular complexity index is 1270. The lowest BCUT2D eigenvalue weighted by molar-refractivity contribution is 0.149. The fourth-order valence-corrected chi connectivity index (χ4v) is 5.50. The molecule has 30 heavy (non-hydrogen) atoms. The lowest BCUT2D eigenvalue weighted by Crippen LogP contribution is -2.45. The summed E-state index contributed by atoms with van der Waals surface area (Å²) in [6, 6.07) is 14.7. The van der Waals surface area contributed by atoms with Crippen molar-refractivity contribution in [2.24, 2.45) is 0 Å². The highest BCUT2D eigenvalue weighted by Crippen LogP contribution is 2.31. The highest BCUT2D eigenvalue weighted by molar-refractivity contribution is 7.90. The molecule has 1 saturated heterocycles. The van der Waals surface area contributed by atoms with E-state index in [1.54, 1.807) is 36.7 Å². The smallest absolute Gasteiger partial charge is 0.268 e. The Kier molecular flexibility index (Phi) is 4.72. The summed E-state index contributed by atoms with van der Waals surface area (Å²) in [5.74, 6) is 1.14. The Hall–Kier alpha value is -2.90. The largest absolute Gasteiger partial charge is 0.444 e. The van der Waals surface area contributed by atoms with E-state index in [1.165, 1.54) is 22.4 Å². The molecule has 0 bridgehead atoms. The molecule has 0 atom stereocenters. The van der Waals surface area contributed by atoms with Gasteiger partial charge >= 0.3 is 0 Å². The third-order valence-corrected chi connectivity index (χ3v) is 7.48. The number of benzene rings is 2. The second-order valence-corrected chi connectivity index (χ2v) is 9.60. The average Bonchev–Trinajstić information content (AvgIpc) is 3.40. The van der Waals surface area contributed by atoms with Crippen LogP contribution in [0.1, 0.15) is 24.8 Å². The minimum absolute atomic E-state index is 0.238.